The van der Waals surface area contributed by atoms with Crippen LogP contribution in [0.5, 0.6) is 5.88 Å². The van der Waals surface area contributed by atoms with Crippen LogP contribution in [-0.4, -0.2) is 44.4 Å². The zero-order valence-electron chi connectivity index (χ0n) is 24.6. The molecule has 43 heavy (non-hydrogen) atoms. The minimum Gasteiger partial charge on any atom is -0.593 e. The van der Waals surface area contributed by atoms with Crippen LogP contribution in [0.4, 0.5) is 17.1 Å². The predicted molar refractivity (Wildman–Crippen MR) is 170 cm³/mol. The minimum atomic E-state index is -1.44. The van der Waals surface area contributed by atoms with Crippen molar-refractivity contribution in [3.8, 4) is 5.88 Å². The second-order valence-corrected chi connectivity index (χ2v) is 12.0. The van der Waals surface area contributed by atoms with Crippen LogP contribution in [0.2, 0.25) is 0 Å². The maximum atomic E-state index is 13.5. The van der Waals surface area contributed by atoms with E-state index >= 15 is 0 Å². The lowest BCUT2D eigenvalue weighted by Gasteiger charge is -2.26. The maximum absolute atomic E-state index is 13.5. The fourth-order valence-electron chi connectivity index (χ4n) is 5.26. The highest BCUT2D eigenvalue weighted by Gasteiger charge is 2.31. The van der Waals surface area contributed by atoms with E-state index in [0.29, 0.717) is 48.4 Å². The number of pyridine rings is 2. The number of carbonyl (C=O) groups excluding carboxylic acids is 1. The van der Waals surface area contributed by atoms with E-state index in [4.69, 9.17) is 16.3 Å². The Morgan fingerprint density at radius 2 is 2.00 bits per heavy atom. The Balaban J connectivity index is 1.50. The fourth-order valence-corrected chi connectivity index (χ4v) is 6.49. The van der Waals surface area contributed by atoms with Crippen molar-refractivity contribution < 1.29 is 14.1 Å². The predicted octanol–water partition coefficient (Wildman–Crippen LogP) is 4.45. The fraction of sp³-hybridized carbons (Fsp3) is 0.281. The molecule has 1 aliphatic heterocycles. The SMILES string of the molecule is CCN(N)c1ccc(C(CC(=O)Nc2cccnc2)c2ccc(C)c(CN3CCOc4ncccc4[S+]3[O-])c2)c(C)c1N. The Bertz CT molecular complexity index is 1590. The van der Waals surface area contributed by atoms with Gasteiger partial charge in [-0.15, -0.1) is 4.31 Å². The molecule has 0 radical (unpaired) electrons. The molecule has 0 fully saturated rings. The normalized spacial score (nSPS) is 15.6. The van der Waals surface area contributed by atoms with Gasteiger partial charge in [0.25, 0.3) is 5.88 Å². The topological polar surface area (TPSA) is 146 Å². The Morgan fingerprint density at radius 3 is 2.77 bits per heavy atom. The molecule has 2 aromatic heterocycles. The Kier molecular flexibility index (Phi) is 9.46. The summed E-state index contributed by atoms with van der Waals surface area (Å²) < 4.78 is 21.2. The van der Waals surface area contributed by atoms with Crippen LogP contribution >= 0.6 is 0 Å². The summed E-state index contributed by atoms with van der Waals surface area (Å²) in [4.78, 5) is 22.3. The molecular weight excluding hydrogens is 562 g/mol. The van der Waals surface area contributed by atoms with Gasteiger partial charge in [0.2, 0.25) is 10.8 Å². The second-order valence-electron chi connectivity index (χ2n) is 10.5. The number of amides is 1. The molecule has 0 spiro atoms. The summed E-state index contributed by atoms with van der Waals surface area (Å²) in [7, 11) is 0. The van der Waals surface area contributed by atoms with Gasteiger partial charge < -0.3 is 25.3 Å². The first-order chi connectivity index (χ1) is 20.8. The molecule has 0 aliphatic carbocycles. The van der Waals surface area contributed by atoms with Gasteiger partial charge in [0.1, 0.15) is 6.61 Å². The largest absolute Gasteiger partial charge is 0.593 e. The first kappa shape index (κ1) is 30.3. The molecule has 0 bridgehead atoms. The minimum absolute atomic E-state index is 0.147. The van der Waals surface area contributed by atoms with E-state index in [9.17, 15) is 9.35 Å². The Hall–Kier alpha value is -4.16. The van der Waals surface area contributed by atoms with E-state index in [-0.39, 0.29) is 18.2 Å². The number of aromatic nitrogens is 2. The smallest absolute Gasteiger partial charge is 0.272 e. The van der Waals surface area contributed by atoms with Gasteiger partial charge in [-0.1, -0.05) is 24.3 Å². The third-order valence-corrected chi connectivity index (χ3v) is 9.22. The van der Waals surface area contributed by atoms with Crippen molar-refractivity contribution >= 4 is 34.3 Å². The summed E-state index contributed by atoms with van der Waals surface area (Å²) in [5, 5.41) is 4.58. The van der Waals surface area contributed by atoms with Gasteiger partial charge in [0, 0.05) is 37.3 Å². The number of ether oxygens (including phenoxy) is 1. The molecule has 2 unspecified atom stereocenters. The summed E-state index contributed by atoms with van der Waals surface area (Å²) in [5.74, 6) is 6.14. The zero-order chi connectivity index (χ0) is 30.5. The van der Waals surface area contributed by atoms with Crippen molar-refractivity contribution in [2.75, 3.05) is 35.8 Å². The first-order valence-electron chi connectivity index (χ1n) is 14.2. The van der Waals surface area contributed by atoms with Crippen LogP contribution in [0.3, 0.4) is 0 Å². The number of nitrogens with two attached hydrogens (primary N) is 2. The summed E-state index contributed by atoms with van der Waals surface area (Å²) >= 11 is -1.44. The van der Waals surface area contributed by atoms with Gasteiger partial charge in [0.05, 0.1) is 47.7 Å². The molecular formula is C32H37N7O3S. The second kappa shape index (κ2) is 13.4. The van der Waals surface area contributed by atoms with Crippen LogP contribution in [0.1, 0.15) is 47.1 Å². The monoisotopic (exact) mass is 599 g/mol. The van der Waals surface area contributed by atoms with Crippen molar-refractivity contribution in [1.29, 1.82) is 0 Å². The molecule has 5 rings (SSSR count). The number of nitrogens with zero attached hydrogens (tertiary/aromatic N) is 4. The standard InChI is InChI=1S/C32H37N7O3S/c1-4-39(34)28-12-11-26(22(3)31(28)33)27(18-30(40)37-25-7-5-13-35-19-25)23-10-9-21(2)24(17-23)20-38-15-16-42-32-29(43(38)41)8-6-14-36-32/h5-14,17,19,27H,4,15-16,18,20,33-34H2,1-3H3,(H,37,40). The molecule has 10 nitrogen and oxygen atoms in total. The van der Waals surface area contributed by atoms with Crippen molar-refractivity contribution in [1.82, 2.24) is 14.3 Å². The molecule has 1 amide bonds. The summed E-state index contributed by atoms with van der Waals surface area (Å²) in [6, 6.07) is 17.3. The molecule has 0 saturated carbocycles. The molecule has 4 aromatic rings. The van der Waals surface area contributed by atoms with Crippen LogP contribution in [-0.2, 0) is 22.7 Å². The van der Waals surface area contributed by atoms with Crippen LogP contribution < -0.4 is 26.6 Å². The van der Waals surface area contributed by atoms with E-state index in [1.54, 1.807) is 47.9 Å². The van der Waals surface area contributed by atoms with Crippen LogP contribution in [0, 0.1) is 13.8 Å². The molecule has 1 aliphatic rings. The van der Waals surface area contributed by atoms with Gasteiger partial charge in [-0.3, -0.25) is 9.78 Å². The van der Waals surface area contributed by atoms with Gasteiger partial charge in [-0.2, -0.15) is 0 Å². The van der Waals surface area contributed by atoms with Crippen molar-refractivity contribution in [2.24, 2.45) is 5.84 Å². The number of hydrazine groups is 1. The van der Waals surface area contributed by atoms with E-state index in [1.165, 1.54) is 0 Å². The number of benzene rings is 2. The molecule has 224 valence electrons. The number of rotatable bonds is 9. The van der Waals surface area contributed by atoms with Crippen molar-refractivity contribution in [2.45, 2.75) is 44.6 Å². The average Bonchev–Trinajstić information content (AvgIpc) is 3.17. The number of nitrogens with one attached hydrogen (secondary N) is 1. The molecule has 2 aromatic carbocycles. The highest BCUT2D eigenvalue weighted by Crippen LogP contribution is 2.38. The zero-order valence-corrected chi connectivity index (χ0v) is 25.4. The number of hydrogen-bond donors (Lipinski definition) is 3. The molecule has 11 heteroatoms. The third kappa shape index (κ3) is 6.75. The number of aryl methyl sites for hydroxylation is 1. The Labute approximate surface area is 255 Å². The molecule has 5 N–H and O–H groups in total. The highest BCUT2D eigenvalue weighted by atomic mass is 32.2. The summed E-state index contributed by atoms with van der Waals surface area (Å²) in [6.07, 6.45) is 5.10. The van der Waals surface area contributed by atoms with Crippen molar-refractivity contribution in [3.63, 3.8) is 0 Å². The summed E-state index contributed by atoms with van der Waals surface area (Å²) in [6.45, 7) is 7.86. The number of carbonyl (C=O) groups is 1. The molecule has 0 saturated heterocycles. The average molecular weight is 600 g/mol. The van der Waals surface area contributed by atoms with Crippen LogP contribution in [0.15, 0.2) is 78.1 Å². The van der Waals surface area contributed by atoms with Gasteiger partial charge in [-0.25, -0.2) is 10.8 Å². The molecule has 2 atom stereocenters. The first-order valence-corrected chi connectivity index (χ1v) is 15.3. The third-order valence-electron chi connectivity index (χ3n) is 7.75. The number of hydrogen-bond acceptors (Lipinski definition) is 9. The Morgan fingerprint density at radius 1 is 1.19 bits per heavy atom. The molecule has 3 heterocycles. The lowest BCUT2D eigenvalue weighted by atomic mass is 9.83. The lowest BCUT2D eigenvalue weighted by Crippen LogP contribution is -2.32. The van der Waals surface area contributed by atoms with Crippen molar-refractivity contribution in [3.05, 3.63) is 101 Å². The van der Waals surface area contributed by atoms with E-state index in [0.717, 1.165) is 33.5 Å². The number of anilines is 3. The van der Waals surface area contributed by atoms with Gasteiger partial charge >= 0.3 is 0 Å². The summed E-state index contributed by atoms with van der Waals surface area (Å²) in [5.41, 5.74) is 13.4. The lowest BCUT2D eigenvalue weighted by molar-refractivity contribution is -0.116. The van der Waals surface area contributed by atoms with E-state index in [1.807, 2.05) is 43.3 Å². The van der Waals surface area contributed by atoms with E-state index < -0.39 is 11.4 Å². The van der Waals surface area contributed by atoms with Gasteiger partial charge in [0.15, 0.2) is 0 Å². The number of nitrogen functional groups attached to an aromatic ring is 1. The highest BCUT2D eigenvalue weighted by molar-refractivity contribution is 7.89. The van der Waals surface area contributed by atoms with Crippen LogP contribution in [0.25, 0.3) is 0 Å². The van der Waals surface area contributed by atoms with Gasteiger partial charge in [-0.05, 0) is 72.9 Å². The maximum Gasteiger partial charge on any atom is 0.272 e. The number of fused-ring (bicyclic) bond motifs is 1. The van der Waals surface area contributed by atoms with E-state index in [2.05, 4.69) is 27.4 Å². The quantitative estimate of drug-likeness (QED) is 0.110.